The van der Waals surface area contributed by atoms with Crippen molar-refractivity contribution in [2.45, 2.75) is 46.0 Å². The highest BCUT2D eigenvalue weighted by Crippen LogP contribution is 2.41. The van der Waals surface area contributed by atoms with Crippen LogP contribution in [0.2, 0.25) is 0 Å². The first kappa shape index (κ1) is 23.7. The van der Waals surface area contributed by atoms with E-state index >= 15 is 0 Å². The summed E-state index contributed by atoms with van der Waals surface area (Å²) in [4.78, 5) is 34.8. The number of aryl methyl sites for hydroxylation is 1. The molecule has 7 heteroatoms. The third-order valence-corrected chi connectivity index (χ3v) is 9.21. The number of methoxy groups -OCH3 is 1. The normalized spacial score (nSPS) is 15.1. The third-order valence-electron chi connectivity index (χ3n) is 6.78. The molecule has 0 aliphatic heterocycles. The van der Waals surface area contributed by atoms with E-state index in [0.29, 0.717) is 22.0 Å². The first-order valence-corrected chi connectivity index (χ1v) is 13.7. The van der Waals surface area contributed by atoms with Gasteiger partial charge in [0.2, 0.25) is 0 Å². The fourth-order valence-electron chi connectivity index (χ4n) is 4.77. The number of carbonyl (C=O) groups excluding carboxylic acids is 2. The lowest BCUT2D eigenvalue weighted by Crippen LogP contribution is -2.17. The number of nitrogens with zero attached hydrogens (tertiary/aromatic N) is 1. The van der Waals surface area contributed by atoms with Gasteiger partial charge in [0.1, 0.15) is 5.00 Å². The molecule has 0 fully saturated rings. The van der Waals surface area contributed by atoms with Gasteiger partial charge in [0, 0.05) is 15.1 Å². The second-order valence-electron chi connectivity index (χ2n) is 8.86. The standard InChI is InChI=1S/C28H28N2O3S2/c1-4-16-10-12-19-24(14-16)35-27(25(19)28(32)33-3)30-26(31)20-15-22(23-13-11-17(5-2)34-23)29-21-9-7-6-8-18(20)21/h6-9,11,13,15-16H,4-5,10,12,14H2,1-3H3,(H,30,31)/t16-/m0/s1. The summed E-state index contributed by atoms with van der Waals surface area (Å²) in [6.45, 7) is 4.33. The van der Waals surface area contributed by atoms with E-state index in [1.807, 2.05) is 30.3 Å². The number of pyridine rings is 1. The number of fused-ring (bicyclic) bond motifs is 2. The van der Waals surface area contributed by atoms with Crippen molar-refractivity contribution in [3.8, 4) is 10.6 Å². The quantitative estimate of drug-likeness (QED) is 0.283. The SMILES string of the molecule is CCc1ccc(-c2cc(C(=O)Nc3sc4c(c3C(=O)OC)CC[C@H](CC)C4)c3ccccc3n2)s1. The minimum Gasteiger partial charge on any atom is -0.465 e. The van der Waals surface area contributed by atoms with Crippen molar-refractivity contribution in [2.24, 2.45) is 5.92 Å². The summed E-state index contributed by atoms with van der Waals surface area (Å²) < 4.78 is 5.11. The van der Waals surface area contributed by atoms with Gasteiger partial charge < -0.3 is 10.1 Å². The summed E-state index contributed by atoms with van der Waals surface area (Å²) in [5.74, 6) is -0.0210. The molecule has 1 aliphatic carbocycles. The molecule has 0 saturated carbocycles. The Morgan fingerprint density at radius 2 is 1.97 bits per heavy atom. The predicted molar refractivity (Wildman–Crippen MR) is 144 cm³/mol. The number of anilines is 1. The van der Waals surface area contributed by atoms with Crippen molar-refractivity contribution in [3.63, 3.8) is 0 Å². The third kappa shape index (κ3) is 4.50. The molecule has 0 bridgehead atoms. The fraction of sp³-hybridized carbons (Fsp3) is 0.321. The first-order valence-electron chi connectivity index (χ1n) is 12.0. The molecule has 1 atom stereocenters. The number of para-hydroxylation sites is 1. The van der Waals surface area contributed by atoms with Crippen LogP contribution in [0.3, 0.4) is 0 Å². The summed E-state index contributed by atoms with van der Waals surface area (Å²) >= 11 is 3.21. The van der Waals surface area contributed by atoms with Gasteiger partial charge in [0.15, 0.2) is 0 Å². The Labute approximate surface area is 213 Å². The van der Waals surface area contributed by atoms with Crippen molar-refractivity contribution < 1.29 is 14.3 Å². The molecule has 1 aliphatic rings. The van der Waals surface area contributed by atoms with E-state index in [4.69, 9.17) is 9.72 Å². The molecule has 0 saturated heterocycles. The molecule has 0 radical (unpaired) electrons. The Kier molecular flexibility index (Phi) is 6.71. The summed E-state index contributed by atoms with van der Waals surface area (Å²) in [7, 11) is 1.39. The minimum atomic E-state index is -0.390. The van der Waals surface area contributed by atoms with Gasteiger partial charge in [-0.15, -0.1) is 22.7 Å². The maximum absolute atomic E-state index is 13.7. The number of hydrogen-bond acceptors (Lipinski definition) is 6. The van der Waals surface area contributed by atoms with Crippen LogP contribution in [0.25, 0.3) is 21.5 Å². The van der Waals surface area contributed by atoms with Gasteiger partial charge in [-0.25, -0.2) is 9.78 Å². The molecule has 180 valence electrons. The fourth-order valence-corrected chi connectivity index (χ4v) is 7.03. The van der Waals surface area contributed by atoms with Crippen LogP contribution in [0, 0.1) is 5.92 Å². The van der Waals surface area contributed by atoms with Crippen LogP contribution in [0.15, 0.2) is 42.5 Å². The number of benzene rings is 1. The van der Waals surface area contributed by atoms with Gasteiger partial charge in [-0.1, -0.05) is 38.5 Å². The van der Waals surface area contributed by atoms with Crippen LogP contribution >= 0.6 is 22.7 Å². The van der Waals surface area contributed by atoms with Gasteiger partial charge in [-0.2, -0.15) is 0 Å². The van der Waals surface area contributed by atoms with Crippen molar-refractivity contribution in [2.75, 3.05) is 12.4 Å². The predicted octanol–water partition coefficient (Wildman–Crippen LogP) is 7.14. The largest absolute Gasteiger partial charge is 0.465 e. The van der Waals surface area contributed by atoms with E-state index in [2.05, 4.69) is 31.3 Å². The van der Waals surface area contributed by atoms with Gasteiger partial charge in [-0.3, -0.25) is 4.79 Å². The molecule has 0 unspecified atom stereocenters. The Morgan fingerprint density at radius 3 is 2.71 bits per heavy atom. The molecule has 1 N–H and O–H groups in total. The van der Waals surface area contributed by atoms with Crippen molar-refractivity contribution >= 4 is 50.5 Å². The highest BCUT2D eigenvalue weighted by Gasteiger charge is 2.30. The second kappa shape index (κ2) is 9.91. The van der Waals surface area contributed by atoms with Crippen LogP contribution in [-0.4, -0.2) is 24.0 Å². The molecular formula is C28H28N2O3S2. The Bertz CT molecular complexity index is 1420. The van der Waals surface area contributed by atoms with Gasteiger partial charge in [0.25, 0.3) is 5.91 Å². The van der Waals surface area contributed by atoms with Crippen LogP contribution in [0.5, 0.6) is 0 Å². The Hall–Kier alpha value is -3.03. The zero-order valence-electron chi connectivity index (χ0n) is 20.1. The number of thiophene rings is 2. The van der Waals surface area contributed by atoms with E-state index in [1.165, 1.54) is 28.2 Å². The number of amides is 1. The molecule has 4 aromatic rings. The summed E-state index contributed by atoms with van der Waals surface area (Å²) in [5.41, 5.74) is 3.65. The first-order chi connectivity index (χ1) is 17.0. The number of aromatic nitrogens is 1. The van der Waals surface area contributed by atoms with E-state index < -0.39 is 5.97 Å². The second-order valence-corrected chi connectivity index (χ2v) is 11.1. The zero-order chi connectivity index (χ0) is 24.5. The van der Waals surface area contributed by atoms with Crippen LogP contribution in [-0.2, 0) is 24.0 Å². The summed E-state index contributed by atoms with van der Waals surface area (Å²) in [6.07, 6.45) is 4.91. The summed E-state index contributed by atoms with van der Waals surface area (Å²) in [6, 6.07) is 13.7. The molecular weight excluding hydrogens is 476 g/mol. The number of esters is 1. The Morgan fingerprint density at radius 1 is 1.14 bits per heavy atom. The lowest BCUT2D eigenvalue weighted by atomic mass is 9.85. The molecule has 5 rings (SSSR count). The smallest absolute Gasteiger partial charge is 0.341 e. The average molecular weight is 505 g/mol. The number of carbonyl (C=O) groups is 2. The van der Waals surface area contributed by atoms with Crippen molar-refractivity contribution in [1.29, 1.82) is 0 Å². The van der Waals surface area contributed by atoms with Gasteiger partial charge in [-0.05, 0) is 61.4 Å². The number of hydrogen-bond donors (Lipinski definition) is 1. The number of ether oxygens (including phenoxy) is 1. The summed E-state index contributed by atoms with van der Waals surface area (Å²) in [5, 5.41) is 4.44. The minimum absolute atomic E-state index is 0.243. The van der Waals surface area contributed by atoms with Crippen LogP contribution in [0.4, 0.5) is 5.00 Å². The maximum atomic E-state index is 13.7. The Balaban J connectivity index is 1.56. The van der Waals surface area contributed by atoms with E-state index in [9.17, 15) is 9.59 Å². The van der Waals surface area contributed by atoms with Crippen LogP contribution in [0.1, 0.15) is 62.7 Å². The molecule has 1 amide bonds. The van der Waals surface area contributed by atoms with Gasteiger partial charge in [0.05, 0.1) is 34.3 Å². The average Bonchev–Trinajstić information content (AvgIpc) is 3.51. The van der Waals surface area contributed by atoms with E-state index in [0.717, 1.165) is 59.1 Å². The van der Waals surface area contributed by atoms with E-state index in [1.54, 1.807) is 11.3 Å². The highest BCUT2D eigenvalue weighted by molar-refractivity contribution is 7.17. The van der Waals surface area contributed by atoms with Crippen molar-refractivity contribution in [3.05, 3.63) is 68.9 Å². The number of nitrogens with one attached hydrogen (secondary N) is 1. The molecule has 3 heterocycles. The number of rotatable bonds is 6. The lowest BCUT2D eigenvalue weighted by Gasteiger charge is -2.20. The lowest BCUT2D eigenvalue weighted by molar-refractivity contribution is 0.0601. The molecule has 35 heavy (non-hydrogen) atoms. The highest BCUT2D eigenvalue weighted by atomic mass is 32.1. The maximum Gasteiger partial charge on any atom is 0.341 e. The van der Waals surface area contributed by atoms with Gasteiger partial charge >= 0.3 is 5.97 Å². The molecule has 5 nitrogen and oxygen atoms in total. The van der Waals surface area contributed by atoms with Crippen LogP contribution < -0.4 is 5.32 Å². The monoisotopic (exact) mass is 504 g/mol. The topological polar surface area (TPSA) is 68.3 Å². The molecule has 0 spiro atoms. The van der Waals surface area contributed by atoms with Crippen molar-refractivity contribution in [1.82, 2.24) is 4.98 Å². The molecule has 1 aromatic carbocycles. The molecule has 3 aromatic heterocycles. The van der Waals surface area contributed by atoms with E-state index in [-0.39, 0.29) is 5.91 Å². The zero-order valence-corrected chi connectivity index (χ0v) is 21.8.